The molecule has 0 radical (unpaired) electrons. The van der Waals surface area contributed by atoms with E-state index in [1.165, 1.54) is 10.8 Å². The van der Waals surface area contributed by atoms with Crippen LogP contribution in [0, 0.1) is 0 Å². The SMILES string of the molecule is CCOc1cccc2c1[nH]c1ccccc12. The molecule has 0 saturated carbocycles. The number of rotatable bonds is 2. The molecule has 80 valence electrons. The summed E-state index contributed by atoms with van der Waals surface area (Å²) in [6.07, 6.45) is 0. The van der Waals surface area contributed by atoms with E-state index >= 15 is 0 Å². The Kier molecular flexibility index (Phi) is 2.07. The van der Waals surface area contributed by atoms with E-state index in [2.05, 4.69) is 29.2 Å². The molecule has 0 bridgehead atoms. The smallest absolute Gasteiger partial charge is 0.143 e. The zero-order valence-electron chi connectivity index (χ0n) is 9.16. The lowest BCUT2D eigenvalue weighted by molar-refractivity contribution is 0.344. The zero-order valence-corrected chi connectivity index (χ0v) is 9.16. The van der Waals surface area contributed by atoms with E-state index in [0.717, 1.165) is 16.8 Å². The van der Waals surface area contributed by atoms with E-state index in [1.54, 1.807) is 0 Å². The lowest BCUT2D eigenvalue weighted by Crippen LogP contribution is -1.91. The van der Waals surface area contributed by atoms with Gasteiger partial charge in [0.15, 0.2) is 0 Å². The molecule has 3 rings (SSSR count). The molecule has 0 aliphatic rings. The monoisotopic (exact) mass is 211 g/mol. The average Bonchev–Trinajstić information content (AvgIpc) is 2.69. The van der Waals surface area contributed by atoms with Crippen LogP contribution in [0.4, 0.5) is 0 Å². The number of hydrogen-bond acceptors (Lipinski definition) is 1. The molecule has 0 fully saturated rings. The molecular formula is C14H13NO. The molecule has 0 amide bonds. The first-order valence-corrected chi connectivity index (χ1v) is 5.52. The van der Waals surface area contributed by atoms with Crippen LogP contribution < -0.4 is 4.74 Å². The standard InChI is InChI=1S/C14H13NO/c1-2-16-13-9-5-7-11-10-6-3-4-8-12(10)15-14(11)13/h3-9,15H,2H2,1H3. The number of aromatic amines is 1. The number of para-hydroxylation sites is 2. The van der Waals surface area contributed by atoms with Crippen molar-refractivity contribution in [1.29, 1.82) is 0 Å². The first kappa shape index (κ1) is 9.28. The molecule has 0 atom stereocenters. The molecule has 0 spiro atoms. The van der Waals surface area contributed by atoms with E-state index in [-0.39, 0.29) is 0 Å². The van der Waals surface area contributed by atoms with Gasteiger partial charge in [0.1, 0.15) is 5.75 Å². The van der Waals surface area contributed by atoms with Crippen molar-refractivity contribution in [2.24, 2.45) is 0 Å². The molecule has 3 aromatic rings. The summed E-state index contributed by atoms with van der Waals surface area (Å²) in [6.45, 7) is 2.69. The quantitative estimate of drug-likeness (QED) is 0.686. The second kappa shape index (κ2) is 3.56. The van der Waals surface area contributed by atoms with Gasteiger partial charge in [-0.05, 0) is 19.1 Å². The summed E-state index contributed by atoms with van der Waals surface area (Å²) in [7, 11) is 0. The third-order valence-electron chi connectivity index (χ3n) is 2.80. The summed E-state index contributed by atoms with van der Waals surface area (Å²) in [5, 5.41) is 2.47. The fourth-order valence-corrected chi connectivity index (χ4v) is 2.12. The van der Waals surface area contributed by atoms with Gasteiger partial charge in [-0.1, -0.05) is 30.3 Å². The Balaban J connectivity index is 2.39. The molecule has 2 aromatic carbocycles. The maximum absolute atomic E-state index is 5.62. The number of nitrogens with one attached hydrogen (secondary N) is 1. The van der Waals surface area contributed by atoms with Gasteiger partial charge in [-0.2, -0.15) is 0 Å². The molecule has 1 aromatic heterocycles. The van der Waals surface area contributed by atoms with E-state index < -0.39 is 0 Å². The molecule has 0 saturated heterocycles. The Hall–Kier alpha value is -1.96. The Morgan fingerprint density at radius 1 is 1.00 bits per heavy atom. The van der Waals surface area contributed by atoms with Crippen LogP contribution in [-0.2, 0) is 0 Å². The van der Waals surface area contributed by atoms with Crippen molar-refractivity contribution in [1.82, 2.24) is 4.98 Å². The first-order valence-electron chi connectivity index (χ1n) is 5.52. The molecule has 0 aliphatic carbocycles. The van der Waals surface area contributed by atoms with Gasteiger partial charge in [0.25, 0.3) is 0 Å². The van der Waals surface area contributed by atoms with Crippen LogP contribution in [-0.4, -0.2) is 11.6 Å². The van der Waals surface area contributed by atoms with Crippen LogP contribution in [0.2, 0.25) is 0 Å². The van der Waals surface area contributed by atoms with E-state index in [4.69, 9.17) is 4.74 Å². The third-order valence-corrected chi connectivity index (χ3v) is 2.80. The zero-order chi connectivity index (χ0) is 11.0. The highest BCUT2D eigenvalue weighted by molar-refractivity contribution is 6.09. The lowest BCUT2D eigenvalue weighted by Gasteiger charge is -2.03. The van der Waals surface area contributed by atoms with Crippen LogP contribution in [0.15, 0.2) is 42.5 Å². The highest BCUT2D eigenvalue weighted by atomic mass is 16.5. The van der Waals surface area contributed by atoms with Gasteiger partial charge in [0.2, 0.25) is 0 Å². The Bertz CT molecular complexity index is 639. The molecular weight excluding hydrogens is 198 g/mol. The van der Waals surface area contributed by atoms with Crippen LogP contribution in [0.25, 0.3) is 21.8 Å². The maximum Gasteiger partial charge on any atom is 0.143 e. The Morgan fingerprint density at radius 2 is 1.81 bits per heavy atom. The summed E-state index contributed by atoms with van der Waals surface area (Å²) in [5.74, 6) is 0.927. The minimum atomic E-state index is 0.689. The van der Waals surface area contributed by atoms with E-state index in [0.29, 0.717) is 6.61 Å². The predicted octanol–water partition coefficient (Wildman–Crippen LogP) is 3.72. The van der Waals surface area contributed by atoms with Crippen molar-refractivity contribution in [3.8, 4) is 5.75 Å². The van der Waals surface area contributed by atoms with Gasteiger partial charge in [-0.3, -0.25) is 0 Å². The highest BCUT2D eigenvalue weighted by Gasteiger charge is 2.07. The molecule has 0 aliphatic heterocycles. The van der Waals surface area contributed by atoms with E-state index in [1.807, 2.05) is 25.1 Å². The third kappa shape index (κ3) is 1.27. The fourth-order valence-electron chi connectivity index (χ4n) is 2.12. The highest BCUT2D eigenvalue weighted by Crippen LogP contribution is 2.31. The van der Waals surface area contributed by atoms with Gasteiger partial charge in [0.05, 0.1) is 12.1 Å². The van der Waals surface area contributed by atoms with E-state index in [9.17, 15) is 0 Å². The van der Waals surface area contributed by atoms with Crippen LogP contribution in [0.5, 0.6) is 5.75 Å². The van der Waals surface area contributed by atoms with Crippen molar-refractivity contribution in [3.05, 3.63) is 42.5 Å². The molecule has 2 nitrogen and oxygen atoms in total. The number of aromatic nitrogens is 1. The molecule has 16 heavy (non-hydrogen) atoms. The number of fused-ring (bicyclic) bond motifs is 3. The summed E-state index contributed by atoms with van der Waals surface area (Å²) in [5.41, 5.74) is 2.25. The van der Waals surface area contributed by atoms with Gasteiger partial charge in [-0.25, -0.2) is 0 Å². The number of benzene rings is 2. The number of hydrogen-bond donors (Lipinski definition) is 1. The first-order chi connectivity index (χ1) is 7.90. The van der Waals surface area contributed by atoms with Crippen molar-refractivity contribution in [2.75, 3.05) is 6.61 Å². The summed E-state index contributed by atoms with van der Waals surface area (Å²) in [6, 6.07) is 14.5. The Morgan fingerprint density at radius 3 is 2.69 bits per heavy atom. The second-order valence-electron chi connectivity index (χ2n) is 3.78. The largest absolute Gasteiger partial charge is 0.492 e. The van der Waals surface area contributed by atoms with Crippen molar-refractivity contribution in [3.63, 3.8) is 0 Å². The summed E-state index contributed by atoms with van der Waals surface area (Å²) in [4.78, 5) is 3.41. The predicted molar refractivity (Wildman–Crippen MR) is 67.0 cm³/mol. The minimum Gasteiger partial charge on any atom is -0.492 e. The second-order valence-corrected chi connectivity index (χ2v) is 3.78. The lowest BCUT2D eigenvalue weighted by atomic mass is 10.1. The number of ether oxygens (including phenoxy) is 1. The summed E-state index contributed by atoms with van der Waals surface area (Å²) < 4.78 is 5.62. The van der Waals surface area contributed by atoms with Crippen LogP contribution in [0.3, 0.4) is 0 Å². The molecule has 1 heterocycles. The van der Waals surface area contributed by atoms with Crippen molar-refractivity contribution >= 4 is 21.8 Å². The topological polar surface area (TPSA) is 25.0 Å². The van der Waals surface area contributed by atoms with Crippen LogP contribution >= 0.6 is 0 Å². The van der Waals surface area contributed by atoms with Crippen molar-refractivity contribution in [2.45, 2.75) is 6.92 Å². The minimum absolute atomic E-state index is 0.689. The fraction of sp³-hybridized carbons (Fsp3) is 0.143. The van der Waals surface area contributed by atoms with Gasteiger partial charge < -0.3 is 9.72 Å². The normalized spacial score (nSPS) is 11.1. The van der Waals surface area contributed by atoms with Gasteiger partial charge in [0, 0.05) is 16.3 Å². The van der Waals surface area contributed by atoms with Gasteiger partial charge >= 0.3 is 0 Å². The molecule has 1 N–H and O–H groups in total. The Labute approximate surface area is 93.8 Å². The summed E-state index contributed by atoms with van der Waals surface area (Å²) >= 11 is 0. The van der Waals surface area contributed by atoms with Gasteiger partial charge in [-0.15, -0.1) is 0 Å². The average molecular weight is 211 g/mol. The number of H-pyrrole nitrogens is 1. The maximum atomic E-state index is 5.62. The molecule has 2 heteroatoms. The van der Waals surface area contributed by atoms with Crippen LogP contribution in [0.1, 0.15) is 6.92 Å². The molecule has 0 unspecified atom stereocenters. The van der Waals surface area contributed by atoms with Crippen molar-refractivity contribution < 1.29 is 4.74 Å².